The number of rotatable bonds is 9. The highest BCUT2D eigenvalue weighted by atomic mass is 79.9. The number of nitrogens with zero attached hydrogens (tertiary/aromatic N) is 2. The third kappa shape index (κ3) is 6.00. The van der Waals surface area contributed by atoms with Crippen molar-refractivity contribution in [1.82, 2.24) is 25.6 Å². The predicted octanol–water partition coefficient (Wildman–Crippen LogP) is 3.52. The van der Waals surface area contributed by atoms with Crippen molar-refractivity contribution in [2.75, 3.05) is 19.6 Å². The zero-order valence-corrected chi connectivity index (χ0v) is 19.2. The van der Waals surface area contributed by atoms with Crippen molar-refractivity contribution in [3.05, 3.63) is 56.5 Å². The minimum absolute atomic E-state index is 0.175. The summed E-state index contributed by atoms with van der Waals surface area (Å²) in [5, 5.41) is 7.43. The molecule has 0 bridgehead atoms. The van der Waals surface area contributed by atoms with E-state index in [9.17, 15) is 4.79 Å². The molecule has 8 heteroatoms. The highest BCUT2D eigenvalue weighted by molar-refractivity contribution is 9.11. The molecule has 0 aliphatic carbocycles. The quantitative estimate of drug-likeness (QED) is 0.379. The molecular weight excluding hydrogens is 446 g/mol. The summed E-state index contributed by atoms with van der Waals surface area (Å²) >= 11 is 3.52. The summed E-state index contributed by atoms with van der Waals surface area (Å²) in [5.74, 6) is 1.88. The Bertz CT molecular complexity index is 964. The van der Waals surface area contributed by atoms with Crippen LogP contribution in [0, 0.1) is 5.92 Å². The van der Waals surface area contributed by atoms with Crippen LogP contribution in [0.4, 0.5) is 0 Å². The van der Waals surface area contributed by atoms with E-state index in [-0.39, 0.29) is 12.2 Å². The molecule has 162 valence electrons. The third-order valence-corrected chi connectivity index (χ3v) is 5.89. The molecule has 3 N–H and O–H groups in total. The van der Waals surface area contributed by atoms with Crippen LogP contribution in [0.1, 0.15) is 44.6 Å². The van der Waals surface area contributed by atoms with Crippen molar-refractivity contribution in [3.63, 3.8) is 0 Å². The van der Waals surface area contributed by atoms with Gasteiger partial charge in [-0.25, -0.2) is 4.98 Å². The van der Waals surface area contributed by atoms with Crippen LogP contribution in [-0.4, -0.2) is 34.6 Å². The van der Waals surface area contributed by atoms with Crippen LogP contribution in [0.2, 0.25) is 0 Å². The van der Waals surface area contributed by atoms with Crippen molar-refractivity contribution >= 4 is 26.8 Å². The van der Waals surface area contributed by atoms with Crippen LogP contribution in [0.3, 0.4) is 0 Å². The minimum atomic E-state index is -0.175. The van der Waals surface area contributed by atoms with Crippen molar-refractivity contribution in [2.45, 2.75) is 46.3 Å². The summed E-state index contributed by atoms with van der Waals surface area (Å²) in [6, 6.07) is 1.71. The summed E-state index contributed by atoms with van der Waals surface area (Å²) in [4.78, 5) is 24.5. The van der Waals surface area contributed by atoms with E-state index in [1.54, 1.807) is 12.3 Å². The standard InChI is InChI=1S/C22H30BrN5O2/c1-3-5-17(23)19(4-2)30-14-20-27-21-16(22(29)28-20)8-11-26-18(21)13-25-12-15-6-9-24-10-7-15/h4-5,8,11,15,24-25H,3,6-7,9-10,12-14H2,1-2H3,(H,27,28,29)/b17-5+,19-4+. The summed E-state index contributed by atoms with van der Waals surface area (Å²) in [7, 11) is 0. The molecule has 7 nitrogen and oxygen atoms in total. The van der Waals surface area contributed by atoms with Crippen molar-refractivity contribution < 1.29 is 4.74 Å². The van der Waals surface area contributed by atoms with E-state index in [1.807, 2.05) is 19.1 Å². The van der Waals surface area contributed by atoms with Gasteiger partial charge in [-0.3, -0.25) is 9.78 Å². The number of ether oxygens (including phenoxy) is 1. The Hall–Kier alpha value is -2.03. The molecule has 1 aliphatic rings. The lowest BCUT2D eigenvalue weighted by Crippen LogP contribution is -2.33. The van der Waals surface area contributed by atoms with E-state index in [0.717, 1.165) is 42.0 Å². The Balaban J connectivity index is 1.73. The first-order valence-corrected chi connectivity index (χ1v) is 11.3. The second-order valence-electron chi connectivity index (χ2n) is 7.39. The van der Waals surface area contributed by atoms with Crippen LogP contribution in [0.5, 0.6) is 0 Å². The summed E-state index contributed by atoms with van der Waals surface area (Å²) < 4.78 is 6.76. The van der Waals surface area contributed by atoms with Crippen molar-refractivity contribution in [2.24, 2.45) is 5.92 Å². The van der Waals surface area contributed by atoms with Crippen molar-refractivity contribution in [1.29, 1.82) is 0 Å². The first-order valence-electron chi connectivity index (χ1n) is 10.6. The Morgan fingerprint density at radius 2 is 2.20 bits per heavy atom. The number of piperidine rings is 1. The molecule has 0 unspecified atom stereocenters. The molecule has 2 aromatic heterocycles. The number of H-pyrrole nitrogens is 1. The Kier molecular flexibility index (Phi) is 8.60. The highest BCUT2D eigenvalue weighted by Crippen LogP contribution is 2.20. The number of nitrogens with one attached hydrogen (secondary N) is 3. The van der Waals surface area contributed by atoms with Gasteiger partial charge in [-0.15, -0.1) is 0 Å². The first-order chi connectivity index (χ1) is 14.6. The number of fused-ring (bicyclic) bond motifs is 1. The molecule has 3 heterocycles. The van der Waals surface area contributed by atoms with Crippen LogP contribution >= 0.6 is 15.9 Å². The summed E-state index contributed by atoms with van der Waals surface area (Å²) in [6.07, 6.45) is 8.84. The molecule has 0 radical (unpaired) electrons. The zero-order chi connectivity index (χ0) is 21.3. The first kappa shape index (κ1) is 22.7. The van der Waals surface area contributed by atoms with Crippen LogP contribution in [0.15, 0.2) is 39.5 Å². The highest BCUT2D eigenvalue weighted by Gasteiger charge is 2.14. The van der Waals surface area contributed by atoms with Gasteiger partial charge >= 0.3 is 0 Å². The fourth-order valence-corrected chi connectivity index (χ4v) is 4.23. The van der Waals surface area contributed by atoms with Gasteiger partial charge in [-0.05, 0) is 79.8 Å². The lowest BCUT2D eigenvalue weighted by molar-refractivity contribution is 0.202. The molecule has 0 amide bonds. The molecule has 0 atom stereocenters. The number of hydrogen-bond acceptors (Lipinski definition) is 6. The molecule has 0 saturated carbocycles. The molecule has 0 spiro atoms. The molecule has 2 aromatic rings. The molecule has 1 saturated heterocycles. The molecule has 30 heavy (non-hydrogen) atoms. The Morgan fingerprint density at radius 3 is 2.93 bits per heavy atom. The molecule has 1 aliphatic heterocycles. The van der Waals surface area contributed by atoms with E-state index in [0.29, 0.717) is 29.2 Å². The third-order valence-electron chi connectivity index (χ3n) is 5.18. The summed E-state index contributed by atoms with van der Waals surface area (Å²) in [5.41, 5.74) is 1.24. The van der Waals surface area contributed by atoms with Gasteiger partial charge in [0, 0.05) is 12.7 Å². The van der Waals surface area contributed by atoms with E-state index < -0.39 is 0 Å². The monoisotopic (exact) mass is 475 g/mol. The number of aromatic nitrogens is 3. The van der Waals surface area contributed by atoms with Crippen LogP contribution < -0.4 is 16.2 Å². The zero-order valence-electron chi connectivity index (χ0n) is 17.6. The SMILES string of the molecule is C/C=C(OCc1nc2c(CNCC3CCNCC3)nccc2c(=O)[nH]1)\C(Br)=C/CC. The van der Waals surface area contributed by atoms with Gasteiger partial charge in [-0.1, -0.05) is 13.0 Å². The number of halogens is 1. The smallest absolute Gasteiger partial charge is 0.258 e. The van der Waals surface area contributed by atoms with Gasteiger partial charge in [-0.2, -0.15) is 0 Å². The topological polar surface area (TPSA) is 91.9 Å². The van der Waals surface area contributed by atoms with E-state index in [4.69, 9.17) is 4.74 Å². The van der Waals surface area contributed by atoms with Crippen LogP contribution in [0.25, 0.3) is 10.9 Å². The van der Waals surface area contributed by atoms with Gasteiger partial charge in [0.05, 0.1) is 15.6 Å². The Labute approximate surface area is 185 Å². The van der Waals surface area contributed by atoms with E-state index in [2.05, 4.69) is 48.4 Å². The van der Waals surface area contributed by atoms with Gasteiger partial charge < -0.3 is 20.4 Å². The number of pyridine rings is 1. The predicted molar refractivity (Wildman–Crippen MR) is 123 cm³/mol. The van der Waals surface area contributed by atoms with Crippen LogP contribution in [-0.2, 0) is 17.9 Å². The van der Waals surface area contributed by atoms with Gasteiger partial charge in [0.15, 0.2) is 0 Å². The second-order valence-corrected chi connectivity index (χ2v) is 8.25. The second kappa shape index (κ2) is 11.4. The van der Waals surface area contributed by atoms with Gasteiger partial charge in [0.1, 0.15) is 23.7 Å². The van der Waals surface area contributed by atoms with Crippen molar-refractivity contribution in [3.8, 4) is 0 Å². The Morgan fingerprint density at radius 1 is 1.40 bits per heavy atom. The molecule has 0 aromatic carbocycles. The average molecular weight is 476 g/mol. The molecule has 3 rings (SSSR count). The maximum absolute atomic E-state index is 12.6. The minimum Gasteiger partial charge on any atom is -0.485 e. The van der Waals surface area contributed by atoms with Gasteiger partial charge in [0.25, 0.3) is 5.56 Å². The number of hydrogen-bond donors (Lipinski definition) is 3. The van der Waals surface area contributed by atoms with E-state index in [1.165, 1.54) is 12.8 Å². The largest absolute Gasteiger partial charge is 0.485 e. The fourth-order valence-electron chi connectivity index (χ4n) is 3.56. The summed E-state index contributed by atoms with van der Waals surface area (Å²) in [6.45, 7) is 7.84. The average Bonchev–Trinajstić information content (AvgIpc) is 2.75. The lowest BCUT2D eigenvalue weighted by atomic mass is 9.98. The molecule has 1 fully saturated rings. The normalized spacial score (nSPS) is 16.2. The van der Waals surface area contributed by atoms with Gasteiger partial charge in [0.2, 0.25) is 0 Å². The van der Waals surface area contributed by atoms with E-state index >= 15 is 0 Å². The fraction of sp³-hybridized carbons (Fsp3) is 0.500. The number of allylic oxidation sites excluding steroid dienone is 3. The molecular formula is C22H30BrN5O2. The maximum Gasteiger partial charge on any atom is 0.258 e. The number of aromatic amines is 1. The lowest BCUT2D eigenvalue weighted by Gasteiger charge is -2.22. The maximum atomic E-state index is 12.6.